The third-order valence-electron chi connectivity index (χ3n) is 5.56. The maximum atomic E-state index is 12.9. The van der Waals surface area contributed by atoms with Crippen LogP contribution in [0.3, 0.4) is 0 Å². The van der Waals surface area contributed by atoms with Crippen molar-refractivity contribution >= 4 is 11.6 Å². The molecule has 0 radical (unpaired) electrons. The minimum atomic E-state index is -0.361. The number of aromatic nitrogens is 2. The minimum Gasteiger partial charge on any atom is -0.338 e. The summed E-state index contributed by atoms with van der Waals surface area (Å²) in [6, 6.07) is 8.18. The van der Waals surface area contributed by atoms with Gasteiger partial charge >= 0.3 is 0 Å². The molecular weight excluding hydrogens is 316 g/mol. The average Bonchev–Trinajstić information content (AvgIpc) is 3.16. The second kappa shape index (κ2) is 5.95. The van der Waals surface area contributed by atoms with Gasteiger partial charge in [0.1, 0.15) is 0 Å². The first-order valence-electron chi connectivity index (χ1n) is 8.94. The van der Waals surface area contributed by atoms with E-state index in [1.807, 2.05) is 30.1 Å². The van der Waals surface area contributed by atoms with E-state index in [0.29, 0.717) is 12.4 Å². The highest BCUT2D eigenvalue weighted by molar-refractivity contribution is 6.07. The Hall–Kier alpha value is -2.21. The number of hydrogen-bond donors (Lipinski definition) is 0. The zero-order valence-electron chi connectivity index (χ0n) is 15.0. The van der Waals surface area contributed by atoms with E-state index in [2.05, 4.69) is 35.0 Å². The highest BCUT2D eigenvalue weighted by atomic mass is 16.5. The third-order valence-corrected chi connectivity index (χ3v) is 5.56. The van der Waals surface area contributed by atoms with Gasteiger partial charge in [-0.05, 0) is 24.5 Å². The molecule has 1 aromatic carbocycles. The first-order valence-corrected chi connectivity index (χ1v) is 8.94. The third kappa shape index (κ3) is 2.56. The van der Waals surface area contributed by atoms with E-state index < -0.39 is 0 Å². The Kier molecular flexibility index (Phi) is 3.87. The monoisotopic (exact) mass is 340 g/mol. The average molecular weight is 340 g/mol. The molecule has 0 N–H and O–H groups in total. The van der Waals surface area contributed by atoms with Gasteiger partial charge in [0.2, 0.25) is 11.8 Å². The molecule has 1 spiro atoms. The van der Waals surface area contributed by atoms with E-state index in [-0.39, 0.29) is 17.2 Å². The number of benzene rings is 1. The van der Waals surface area contributed by atoms with Crippen LogP contribution in [0.1, 0.15) is 49.9 Å². The molecule has 1 saturated heterocycles. The zero-order chi connectivity index (χ0) is 17.6. The molecule has 6 heteroatoms. The number of anilines is 1. The molecule has 0 bridgehead atoms. The number of piperidine rings is 1. The molecule has 1 amide bonds. The van der Waals surface area contributed by atoms with Crippen molar-refractivity contribution in [3.63, 3.8) is 0 Å². The number of carbonyl (C=O) groups is 1. The van der Waals surface area contributed by atoms with Crippen LogP contribution in [0.15, 0.2) is 28.8 Å². The maximum absolute atomic E-state index is 12.9. The van der Waals surface area contributed by atoms with Crippen LogP contribution in [0, 0.1) is 0 Å². The van der Waals surface area contributed by atoms with Gasteiger partial charge in [-0.25, -0.2) is 0 Å². The fraction of sp³-hybridized carbons (Fsp3) is 0.526. The Morgan fingerprint density at radius 3 is 2.64 bits per heavy atom. The van der Waals surface area contributed by atoms with E-state index in [1.165, 1.54) is 5.56 Å². The first kappa shape index (κ1) is 16.3. The molecule has 3 heterocycles. The summed E-state index contributed by atoms with van der Waals surface area (Å²) in [6.45, 7) is 6.47. The molecule has 1 fully saturated rings. The quantitative estimate of drug-likeness (QED) is 0.860. The summed E-state index contributed by atoms with van der Waals surface area (Å²) in [7, 11) is 1.88. The fourth-order valence-electron chi connectivity index (χ4n) is 4.05. The van der Waals surface area contributed by atoms with Gasteiger partial charge in [-0.2, -0.15) is 4.98 Å². The Balaban J connectivity index is 1.49. The number of carbonyl (C=O) groups excluding carboxylic acids is 1. The number of nitrogens with zero attached hydrogens (tertiary/aromatic N) is 4. The zero-order valence-corrected chi connectivity index (χ0v) is 15.0. The van der Waals surface area contributed by atoms with Crippen LogP contribution in [0.4, 0.5) is 5.69 Å². The van der Waals surface area contributed by atoms with Gasteiger partial charge in [0.05, 0.1) is 12.0 Å². The van der Waals surface area contributed by atoms with E-state index in [0.717, 1.165) is 37.4 Å². The molecule has 25 heavy (non-hydrogen) atoms. The van der Waals surface area contributed by atoms with Gasteiger partial charge in [-0.1, -0.05) is 37.2 Å². The van der Waals surface area contributed by atoms with Crippen LogP contribution >= 0.6 is 0 Å². The van der Waals surface area contributed by atoms with Gasteiger partial charge in [0.25, 0.3) is 0 Å². The topological polar surface area (TPSA) is 62.5 Å². The lowest BCUT2D eigenvalue weighted by Crippen LogP contribution is -2.47. The summed E-state index contributed by atoms with van der Waals surface area (Å²) >= 11 is 0. The molecule has 0 unspecified atom stereocenters. The van der Waals surface area contributed by atoms with Crippen LogP contribution < -0.4 is 4.90 Å². The smallest absolute Gasteiger partial charge is 0.240 e. The van der Waals surface area contributed by atoms with E-state index in [9.17, 15) is 4.79 Å². The summed E-state index contributed by atoms with van der Waals surface area (Å²) in [5.74, 6) is 1.92. The van der Waals surface area contributed by atoms with Crippen LogP contribution in [0.25, 0.3) is 0 Å². The molecule has 1 aromatic heterocycles. The molecule has 132 valence electrons. The Bertz CT molecular complexity index is 790. The molecule has 6 nitrogen and oxygen atoms in total. The van der Waals surface area contributed by atoms with Crippen molar-refractivity contribution < 1.29 is 9.32 Å². The van der Waals surface area contributed by atoms with Crippen molar-refractivity contribution in [3.8, 4) is 0 Å². The molecule has 0 aliphatic carbocycles. The Labute approximate surface area is 147 Å². The predicted octanol–water partition coefficient (Wildman–Crippen LogP) is 2.70. The number of para-hydroxylation sites is 1. The van der Waals surface area contributed by atoms with Crippen molar-refractivity contribution in [1.82, 2.24) is 15.0 Å². The summed E-state index contributed by atoms with van der Waals surface area (Å²) < 4.78 is 5.36. The van der Waals surface area contributed by atoms with Crippen molar-refractivity contribution in [2.24, 2.45) is 0 Å². The van der Waals surface area contributed by atoms with Crippen molar-refractivity contribution in [2.45, 2.75) is 44.6 Å². The maximum Gasteiger partial charge on any atom is 0.240 e. The summed E-state index contributed by atoms with van der Waals surface area (Å²) in [5, 5.41) is 4.03. The minimum absolute atomic E-state index is 0.230. The second-order valence-corrected chi connectivity index (χ2v) is 7.44. The number of rotatable bonds is 3. The van der Waals surface area contributed by atoms with Gasteiger partial charge in [0, 0.05) is 31.7 Å². The molecule has 0 saturated carbocycles. The number of hydrogen-bond acceptors (Lipinski definition) is 5. The molecule has 0 atom stereocenters. The van der Waals surface area contributed by atoms with E-state index in [4.69, 9.17) is 4.52 Å². The number of amides is 1. The lowest BCUT2D eigenvalue weighted by Gasteiger charge is -2.37. The lowest BCUT2D eigenvalue weighted by atomic mass is 9.73. The van der Waals surface area contributed by atoms with Gasteiger partial charge in [-0.3, -0.25) is 9.69 Å². The predicted molar refractivity (Wildman–Crippen MR) is 94.4 cm³/mol. The normalized spacial score (nSPS) is 19.8. The lowest BCUT2D eigenvalue weighted by molar-refractivity contribution is -0.124. The molecule has 2 aromatic rings. The number of fused-ring (bicyclic) bond motifs is 2. The van der Waals surface area contributed by atoms with Gasteiger partial charge in [0.15, 0.2) is 5.82 Å². The Morgan fingerprint density at radius 2 is 1.96 bits per heavy atom. The fourth-order valence-corrected chi connectivity index (χ4v) is 4.05. The van der Waals surface area contributed by atoms with E-state index >= 15 is 0 Å². The van der Waals surface area contributed by atoms with Crippen molar-refractivity contribution in [1.29, 1.82) is 0 Å². The van der Waals surface area contributed by atoms with Crippen molar-refractivity contribution in [3.05, 3.63) is 41.5 Å². The summed E-state index contributed by atoms with van der Waals surface area (Å²) in [4.78, 5) is 21.5. The van der Waals surface area contributed by atoms with E-state index in [1.54, 1.807) is 0 Å². The SMILES string of the molecule is CC(C)c1noc(CN2CCC3(CC2)C(=O)N(C)c2ccccc23)n1. The first-order chi connectivity index (χ1) is 12.0. The summed E-state index contributed by atoms with van der Waals surface area (Å²) in [6.07, 6.45) is 1.66. The molecule has 2 aliphatic rings. The van der Waals surface area contributed by atoms with Crippen LogP contribution in [0.5, 0.6) is 0 Å². The molecular formula is C19H24N4O2. The van der Waals surface area contributed by atoms with Gasteiger partial charge < -0.3 is 9.42 Å². The largest absolute Gasteiger partial charge is 0.338 e. The standard InChI is InChI=1S/C19H24N4O2/c1-13(2)17-20-16(25-21-17)12-23-10-8-19(9-11-23)14-6-4-5-7-15(14)22(3)18(19)24/h4-7,13H,8-12H2,1-3H3. The highest BCUT2D eigenvalue weighted by Crippen LogP contribution is 2.47. The van der Waals surface area contributed by atoms with Crippen LogP contribution in [-0.4, -0.2) is 41.1 Å². The second-order valence-electron chi connectivity index (χ2n) is 7.44. The van der Waals surface area contributed by atoms with Gasteiger partial charge in [-0.15, -0.1) is 0 Å². The number of likely N-dealkylation sites (N-methyl/N-ethyl adjacent to an activating group) is 1. The summed E-state index contributed by atoms with van der Waals surface area (Å²) in [5.41, 5.74) is 1.88. The van der Waals surface area contributed by atoms with Crippen LogP contribution in [-0.2, 0) is 16.8 Å². The molecule has 2 aliphatic heterocycles. The number of likely N-dealkylation sites (tertiary alicyclic amines) is 1. The Morgan fingerprint density at radius 1 is 1.24 bits per heavy atom. The highest BCUT2D eigenvalue weighted by Gasteiger charge is 2.50. The van der Waals surface area contributed by atoms with Crippen molar-refractivity contribution in [2.75, 3.05) is 25.0 Å². The van der Waals surface area contributed by atoms with Crippen LogP contribution in [0.2, 0.25) is 0 Å². The molecule has 4 rings (SSSR count).